The fourth-order valence-corrected chi connectivity index (χ4v) is 1.86. The summed E-state index contributed by atoms with van der Waals surface area (Å²) in [6, 6.07) is 8.87. The summed E-state index contributed by atoms with van der Waals surface area (Å²) < 4.78 is 1.76. The normalized spacial score (nSPS) is 13.8. The van der Waals surface area contributed by atoms with Gasteiger partial charge in [-0.3, -0.25) is 4.79 Å². The van der Waals surface area contributed by atoms with Crippen molar-refractivity contribution >= 4 is 11.6 Å². The molecule has 2 atom stereocenters. The van der Waals surface area contributed by atoms with Crippen molar-refractivity contribution in [1.29, 1.82) is 0 Å². The van der Waals surface area contributed by atoms with E-state index >= 15 is 0 Å². The van der Waals surface area contributed by atoms with Crippen LogP contribution in [0.15, 0.2) is 42.7 Å². The predicted molar refractivity (Wildman–Crippen MR) is 79.6 cm³/mol. The van der Waals surface area contributed by atoms with Crippen LogP contribution in [-0.4, -0.2) is 21.7 Å². The number of hydrogen-bond acceptors (Lipinski definition) is 3. The minimum atomic E-state index is -0.481. The molecule has 5 heteroatoms. The Morgan fingerprint density at radius 2 is 2.10 bits per heavy atom. The third-order valence-electron chi connectivity index (χ3n) is 3.46. The molecule has 0 bridgehead atoms. The van der Waals surface area contributed by atoms with Crippen LogP contribution in [0.3, 0.4) is 0 Å². The number of nitrogens with one attached hydrogen (secondary N) is 1. The Hall–Kier alpha value is -2.14. The first-order chi connectivity index (χ1) is 9.61. The zero-order valence-corrected chi connectivity index (χ0v) is 11.8. The maximum Gasteiger partial charge on any atom is 0.241 e. The van der Waals surface area contributed by atoms with Gasteiger partial charge in [0.1, 0.15) is 0 Å². The molecule has 5 nitrogen and oxygen atoms in total. The molecule has 1 aromatic carbocycles. The van der Waals surface area contributed by atoms with Gasteiger partial charge in [-0.2, -0.15) is 5.10 Å². The maximum absolute atomic E-state index is 12.0. The SMILES string of the molecule is CCC(C)[C@H](N)C(=O)Nc1ccc(-n2cccn2)cc1. The van der Waals surface area contributed by atoms with Crippen molar-refractivity contribution in [3.63, 3.8) is 0 Å². The number of nitrogens with zero attached hydrogens (tertiary/aromatic N) is 2. The van der Waals surface area contributed by atoms with Crippen LogP contribution in [0.1, 0.15) is 20.3 Å². The average Bonchev–Trinajstić information content (AvgIpc) is 3.00. The largest absolute Gasteiger partial charge is 0.325 e. The third-order valence-corrected chi connectivity index (χ3v) is 3.46. The highest BCUT2D eigenvalue weighted by Gasteiger charge is 2.19. The number of carbonyl (C=O) groups excluding carboxylic acids is 1. The van der Waals surface area contributed by atoms with Crippen LogP contribution in [0.4, 0.5) is 5.69 Å². The number of anilines is 1. The first kappa shape index (κ1) is 14.3. The van der Waals surface area contributed by atoms with Gasteiger partial charge in [0.15, 0.2) is 0 Å². The van der Waals surface area contributed by atoms with E-state index in [0.29, 0.717) is 0 Å². The molecule has 106 valence electrons. The second-order valence-electron chi connectivity index (χ2n) is 4.90. The number of carbonyl (C=O) groups is 1. The monoisotopic (exact) mass is 272 g/mol. The number of benzene rings is 1. The lowest BCUT2D eigenvalue weighted by molar-refractivity contribution is -0.118. The molecule has 0 fully saturated rings. The summed E-state index contributed by atoms with van der Waals surface area (Å²) in [4.78, 5) is 12.0. The van der Waals surface area contributed by atoms with Crippen LogP contribution < -0.4 is 11.1 Å². The fraction of sp³-hybridized carbons (Fsp3) is 0.333. The standard InChI is InChI=1S/C15H20N4O/c1-3-11(2)14(16)15(20)18-12-5-7-13(8-6-12)19-10-4-9-17-19/h4-11,14H,3,16H2,1-2H3,(H,18,20)/t11?,14-/m0/s1. The first-order valence-corrected chi connectivity index (χ1v) is 6.78. The van der Waals surface area contributed by atoms with Crippen molar-refractivity contribution < 1.29 is 4.79 Å². The minimum Gasteiger partial charge on any atom is -0.325 e. The van der Waals surface area contributed by atoms with Gasteiger partial charge in [-0.1, -0.05) is 20.3 Å². The van der Waals surface area contributed by atoms with Gasteiger partial charge in [-0.25, -0.2) is 4.68 Å². The second-order valence-corrected chi connectivity index (χ2v) is 4.90. The minimum absolute atomic E-state index is 0.147. The summed E-state index contributed by atoms with van der Waals surface area (Å²) >= 11 is 0. The van der Waals surface area contributed by atoms with Gasteiger partial charge in [-0.05, 0) is 36.2 Å². The van der Waals surface area contributed by atoms with Gasteiger partial charge < -0.3 is 11.1 Å². The third kappa shape index (κ3) is 3.24. The van der Waals surface area contributed by atoms with Crippen LogP contribution in [0, 0.1) is 5.92 Å². The Morgan fingerprint density at radius 1 is 1.40 bits per heavy atom. The van der Waals surface area contributed by atoms with E-state index in [2.05, 4.69) is 10.4 Å². The molecule has 2 rings (SSSR count). The van der Waals surface area contributed by atoms with Gasteiger partial charge in [0.2, 0.25) is 5.91 Å². The fourth-order valence-electron chi connectivity index (χ4n) is 1.86. The molecule has 1 unspecified atom stereocenters. The van der Waals surface area contributed by atoms with Gasteiger partial charge in [0.05, 0.1) is 11.7 Å². The molecule has 0 aliphatic carbocycles. The van der Waals surface area contributed by atoms with Crippen LogP contribution in [-0.2, 0) is 4.79 Å². The summed E-state index contributed by atoms with van der Waals surface area (Å²) in [5, 5.41) is 6.98. The number of aromatic nitrogens is 2. The molecular weight excluding hydrogens is 252 g/mol. The molecule has 0 spiro atoms. The molecule has 0 radical (unpaired) electrons. The van der Waals surface area contributed by atoms with Crippen molar-refractivity contribution in [2.24, 2.45) is 11.7 Å². The Labute approximate surface area is 118 Å². The molecule has 1 aromatic heterocycles. The zero-order valence-electron chi connectivity index (χ0n) is 11.8. The van der Waals surface area contributed by atoms with Gasteiger partial charge in [0, 0.05) is 18.1 Å². The van der Waals surface area contributed by atoms with Crippen LogP contribution in [0.2, 0.25) is 0 Å². The predicted octanol–water partition coefficient (Wildman–Crippen LogP) is 2.18. The number of nitrogens with two attached hydrogens (primary N) is 1. The lowest BCUT2D eigenvalue weighted by atomic mass is 9.99. The molecule has 1 amide bonds. The van der Waals surface area contributed by atoms with Crippen molar-refractivity contribution in [3.05, 3.63) is 42.7 Å². The highest BCUT2D eigenvalue weighted by molar-refractivity contribution is 5.94. The highest BCUT2D eigenvalue weighted by atomic mass is 16.2. The number of rotatable bonds is 5. The van der Waals surface area contributed by atoms with E-state index in [-0.39, 0.29) is 11.8 Å². The average molecular weight is 272 g/mol. The molecule has 3 N–H and O–H groups in total. The molecule has 0 saturated heterocycles. The van der Waals surface area contributed by atoms with Gasteiger partial charge >= 0.3 is 0 Å². The lowest BCUT2D eigenvalue weighted by Gasteiger charge is -2.17. The first-order valence-electron chi connectivity index (χ1n) is 6.78. The lowest BCUT2D eigenvalue weighted by Crippen LogP contribution is -2.40. The van der Waals surface area contributed by atoms with Crippen molar-refractivity contribution in [1.82, 2.24) is 9.78 Å². The molecule has 0 aliphatic heterocycles. The molecular formula is C15H20N4O. The molecule has 1 heterocycles. The Kier molecular flexibility index (Phi) is 4.53. The summed E-state index contributed by atoms with van der Waals surface area (Å²) in [5.74, 6) is 0.0181. The Morgan fingerprint density at radius 3 is 2.65 bits per heavy atom. The van der Waals surface area contributed by atoms with E-state index < -0.39 is 6.04 Å². The molecule has 0 saturated carbocycles. The number of hydrogen-bond donors (Lipinski definition) is 2. The molecule has 20 heavy (non-hydrogen) atoms. The van der Waals surface area contributed by atoms with E-state index in [1.54, 1.807) is 10.9 Å². The van der Waals surface area contributed by atoms with E-state index in [1.165, 1.54) is 0 Å². The maximum atomic E-state index is 12.0. The summed E-state index contributed by atoms with van der Waals surface area (Å²) in [7, 11) is 0. The van der Waals surface area contributed by atoms with E-state index in [4.69, 9.17) is 5.73 Å². The van der Waals surface area contributed by atoms with E-state index in [9.17, 15) is 4.79 Å². The summed E-state index contributed by atoms with van der Waals surface area (Å²) in [6.07, 6.45) is 4.47. The van der Waals surface area contributed by atoms with Crippen LogP contribution >= 0.6 is 0 Å². The second kappa shape index (κ2) is 6.34. The van der Waals surface area contributed by atoms with Gasteiger partial charge in [-0.15, -0.1) is 0 Å². The topological polar surface area (TPSA) is 72.9 Å². The van der Waals surface area contributed by atoms with Gasteiger partial charge in [0.25, 0.3) is 0 Å². The zero-order chi connectivity index (χ0) is 14.5. The Balaban J connectivity index is 2.02. The van der Waals surface area contributed by atoms with E-state index in [1.807, 2.05) is 50.4 Å². The smallest absolute Gasteiger partial charge is 0.241 e. The van der Waals surface area contributed by atoms with Crippen LogP contribution in [0.25, 0.3) is 5.69 Å². The molecule has 2 aromatic rings. The number of amides is 1. The summed E-state index contributed by atoms with van der Waals surface area (Å²) in [5.41, 5.74) is 7.58. The van der Waals surface area contributed by atoms with E-state index in [0.717, 1.165) is 17.8 Å². The summed E-state index contributed by atoms with van der Waals surface area (Å²) in [6.45, 7) is 4.00. The van der Waals surface area contributed by atoms with Crippen molar-refractivity contribution in [2.45, 2.75) is 26.3 Å². The Bertz CT molecular complexity index is 548. The quantitative estimate of drug-likeness (QED) is 0.876. The highest BCUT2D eigenvalue weighted by Crippen LogP contribution is 2.14. The van der Waals surface area contributed by atoms with Crippen LogP contribution in [0.5, 0.6) is 0 Å². The van der Waals surface area contributed by atoms with Crippen molar-refractivity contribution in [3.8, 4) is 5.69 Å². The molecule has 0 aliphatic rings. The van der Waals surface area contributed by atoms with Crippen molar-refractivity contribution in [2.75, 3.05) is 5.32 Å².